The lowest BCUT2D eigenvalue weighted by Crippen LogP contribution is -2.16. The van der Waals surface area contributed by atoms with Crippen molar-refractivity contribution in [1.29, 1.82) is 0 Å². The van der Waals surface area contributed by atoms with Gasteiger partial charge in [-0.1, -0.05) is 15.9 Å². The first-order valence-electron chi connectivity index (χ1n) is 6.00. The fraction of sp³-hybridized carbons (Fsp3) is 0.250. The summed E-state index contributed by atoms with van der Waals surface area (Å²) >= 11 is 6.59. The highest BCUT2D eigenvalue weighted by Gasteiger charge is 2.20. The first-order valence-corrected chi connectivity index (χ1v) is 7.58. The number of hydrogen-bond donors (Lipinski definition) is 0. The maximum Gasteiger partial charge on any atom is 0.404 e. The fourth-order valence-corrected chi connectivity index (χ4v) is 2.90. The van der Waals surface area contributed by atoms with E-state index in [9.17, 15) is 10.1 Å². The third-order valence-electron chi connectivity index (χ3n) is 2.92. The number of benzene rings is 1. The predicted molar refractivity (Wildman–Crippen MR) is 80.8 cm³/mol. The Hall–Kier alpha value is -1.61. The number of ether oxygens (including phenoxy) is 2. The summed E-state index contributed by atoms with van der Waals surface area (Å²) in [7, 11) is 0. The van der Waals surface area contributed by atoms with Crippen molar-refractivity contribution in [1.82, 2.24) is 9.78 Å². The van der Waals surface area contributed by atoms with Crippen LogP contribution in [0.3, 0.4) is 0 Å². The van der Waals surface area contributed by atoms with Gasteiger partial charge in [-0.05, 0) is 38.5 Å². The van der Waals surface area contributed by atoms with Crippen LogP contribution >= 0.6 is 31.9 Å². The van der Waals surface area contributed by atoms with E-state index in [0.717, 1.165) is 10.0 Å². The van der Waals surface area contributed by atoms with E-state index >= 15 is 0 Å². The van der Waals surface area contributed by atoms with Crippen LogP contribution in [-0.2, 0) is 6.54 Å². The van der Waals surface area contributed by atoms with Gasteiger partial charge in [-0.25, -0.2) is 0 Å². The summed E-state index contributed by atoms with van der Waals surface area (Å²) in [5.41, 5.74) is 0.893. The third kappa shape index (κ3) is 2.88. The Balaban J connectivity index is 1.91. The Morgan fingerprint density at radius 1 is 1.24 bits per heavy atom. The second-order valence-electron chi connectivity index (χ2n) is 4.34. The largest absolute Gasteiger partial charge is 0.486 e. The van der Waals surface area contributed by atoms with Crippen LogP contribution in [0.1, 0.15) is 5.56 Å². The zero-order valence-corrected chi connectivity index (χ0v) is 13.8. The first kappa shape index (κ1) is 14.3. The van der Waals surface area contributed by atoms with Crippen LogP contribution in [0.2, 0.25) is 0 Å². The van der Waals surface area contributed by atoms with E-state index in [4.69, 9.17) is 9.47 Å². The molecule has 0 N–H and O–H groups in total. The summed E-state index contributed by atoms with van der Waals surface area (Å²) in [5, 5.41) is 14.7. The van der Waals surface area contributed by atoms with Crippen molar-refractivity contribution in [3.05, 3.63) is 43.0 Å². The monoisotopic (exact) mass is 417 g/mol. The predicted octanol–water partition coefficient (Wildman–Crippen LogP) is 3.14. The molecule has 0 spiro atoms. The van der Waals surface area contributed by atoms with Gasteiger partial charge in [0, 0.05) is 4.47 Å². The molecule has 21 heavy (non-hydrogen) atoms. The van der Waals surface area contributed by atoms with E-state index in [0.29, 0.717) is 35.7 Å². The van der Waals surface area contributed by atoms with E-state index < -0.39 is 4.92 Å². The van der Waals surface area contributed by atoms with Gasteiger partial charge in [-0.3, -0.25) is 0 Å². The first-order chi connectivity index (χ1) is 10.0. The van der Waals surface area contributed by atoms with E-state index in [1.807, 2.05) is 12.1 Å². The molecule has 1 aliphatic heterocycles. The van der Waals surface area contributed by atoms with Crippen LogP contribution in [0.4, 0.5) is 5.82 Å². The van der Waals surface area contributed by atoms with Crippen molar-refractivity contribution in [2.45, 2.75) is 6.54 Å². The topological polar surface area (TPSA) is 79.4 Å². The lowest BCUT2D eigenvalue weighted by Gasteiger charge is -2.19. The average Bonchev–Trinajstić information content (AvgIpc) is 2.81. The van der Waals surface area contributed by atoms with Crippen LogP contribution in [0, 0.1) is 10.1 Å². The number of nitro groups is 1. The molecule has 0 bridgehead atoms. The molecule has 9 heteroatoms. The second kappa shape index (κ2) is 5.64. The minimum atomic E-state index is -0.528. The van der Waals surface area contributed by atoms with Gasteiger partial charge in [0.05, 0.1) is 17.8 Å². The number of aromatic nitrogens is 2. The molecule has 1 aromatic carbocycles. The average molecular weight is 419 g/mol. The van der Waals surface area contributed by atoms with Gasteiger partial charge in [0.2, 0.25) is 0 Å². The van der Waals surface area contributed by atoms with Gasteiger partial charge in [0.1, 0.15) is 17.7 Å². The standard InChI is InChI=1S/C12H9Br2N3O4/c13-8-4-11-10(20-1-2-21-11)3-7(8)5-16-6-9(14)12(15-16)17(18)19/h3-4,6H,1-2,5H2. The highest BCUT2D eigenvalue weighted by Crippen LogP contribution is 2.36. The van der Waals surface area contributed by atoms with E-state index in [-0.39, 0.29) is 5.82 Å². The molecule has 0 fully saturated rings. The Morgan fingerprint density at radius 2 is 1.90 bits per heavy atom. The lowest BCUT2D eigenvalue weighted by molar-refractivity contribution is -0.390. The van der Waals surface area contributed by atoms with Gasteiger partial charge >= 0.3 is 5.82 Å². The van der Waals surface area contributed by atoms with E-state index in [1.54, 1.807) is 6.20 Å². The van der Waals surface area contributed by atoms with Gasteiger partial charge in [-0.2, -0.15) is 4.68 Å². The summed E-state index contributed by atoms with van der Waals surface area (Å²) in [6.07, 6.45) is 1.57. The Morgan fingerprint density at radius 3 is 2.52 bits per heavy atom. The van der Waals surface area contributed by atoms with Crippen molar-refractivity contribution in [3.63, 3.8) is 0 Å². The normalized spacial score (nSPS) is 13.2. The molecule has 0 atom stereocenters. The quantitative estimate of drug-likeness (QED) is 0.565. The molecular weight excluding hydrogens is 410 g/mol. The van der Waals surface area contributed by atoms with Crippen LogP contribution in [-0.4, -0.2) is 27.9 Å². The van der Waals surface area contributed by atoms with Gasteiger partial charge in [0.25, 0.3) is 0 Å². The summed E-state index contributed by atoms with van der Waals surface area (Å²) < 4.78 is 13.7. The molecule has 1 aromatic heterocycles. The van der Waals surface area contributed by atoms with Crippen LogP contribution in [0.25, 0.3) is 0 Å². The molecule has 0 saturated heterocycles. The van der Waals surface area contributed by atoms with Crippen molar-refractivity contribution >= 4 is 37.7 Å². The van der Waals surface area contributed by atoms with Crippen LogP contribution in [0.15, 0.2) is 27.3 Å². The molecule has 7 nitrogen and oxygen atoms in total. The summed E-state index contributed by atoms with van der Waals surface area (Å²) in [6, 6.07) is 3.68. The molecule has 0 unspecified atom stereocenters. The van der Waals surface area contributed by atoms with Gasteiger partial charge in [0.15, 0.2) is 11.5 Å². The molecule has 1 aliphatic rings. The molecule has 0 aliphatic carbocycles. The van der Waals surface area contributed by atoms with Crippen LogP contribution in [0.5, 0.6) is 11.5 Å². The van der Waals surface area contributed by atoms with Gasteiger partial charge in [-0.15, -0.1) is 0 Å². The van der Waals surface area contributed by atoms with E-state index in [1.165, 1.54) is 4.68 Å². The second-order valence-corrected chi connectivity index (χ2v) is 6.05. The zero-order valence-electron chi connectivity index (χ0n) is 10.6. The zero-order chi connectivity index (χ0) is 15.0. The fourth-order valence-electron chi connectivity index (χ4n) is 1.99. The van der Waals surface area contributed by atoms with Crippen molar-refractivity contribution in [2.24, 2.45) is 0 Å². The highest BCUT2D eigenvalue weighted by molar-refractivity contribution is 9.10. The number of hydrogen-bond acceptors (Lipinski definition) is 5. The molecule has 0 amide bonds. The molecule has 0 radical (unpaired) electrons. The Labute approximate surface area is 136 Å². The minimum Gasteiger partial charge on any atom is -0.486 e. The summed E-state index contributed by atoms with van der Waals surface area (Å²) in [5.74, 6) is 1.15. The Kier molecular flexibility index (Phi) is 3.85. The molecule has 110 valence electrons. The maximum atomic E-state index is 10.8. The van der Waals surface area contributed by atoms with Crippen molar-refractivity contribution < 1.29 is 14.4 Å². The lowest BCUT2D eigenvalue weighted by atomic mass is 10.2. The summed E-state index contributed by atoms with van der Waals surface area (Å²) in [6.45, 7) is 1.41. The smallest absolute Gasteiger partial charge is 0.404 e. The van der Waals surface area contributed by atoms with Crippen molar-refractivity contribution in [2.75, 3.05) is 13.2 Å². The Bertz CT molecular complexity index is 717. The van der Waals surface area contributed by atoms with Gasteiger partial charge < -0.3 is 19.6 Å². The molecule has 3 rings (SSSR count). The third-order valence-corrected chi connectivity index (χ3v) is 4.21. The van der Waals surface area contributed by atoms with Crippen molar-refractivity contribution in [3.8, 4) is 11.5 Å². The van der Waals surface area contributed by atoms with Crippen LogP contribution < -0.4 is 9.47 Å². The number of fused-ring (bicyclic) bond motifs is 1. The van der Waals surface area contributed by atoms with E-state index in [2.05, 4.69) is 37.0 Å². The number of halogens is 2. The maximum absolute atomic E-state index is 10.8. The molecular formula is C12H9Br2N3O4. The molecule has 2 aromatic rings. The molecule has 2 heterocycles. The molecule has 0 saturated carbocycles. The SMILES string of the molecule is O=[N+]([O-])c1nn(Cc2cc3c(cc2Br)OCCO3)cc1Br. The highest BCUT2D eigenvalue weighted by atomic mass is 79.9. The number of nitrogens with zero attached hydrogens (tertiary/aromatic N) is 3. The number of rotatable bonds is 3. The summed E-state index contributed by atoms with van der Waals surface area (Å²) in [4.78, 5) is 10.3. The minimum absolute atomic E-state index is 0.205.